The van der Waals surface area contributed by atoms with Crippen molar-refractivity contribution in [3.05, 3.63) is 64.3 Å². The van der Waals surface area contributed by atoms with Gasteiger partial charge in [-0.05, 0) is 91.7 Å². The molecule has 1 fully saturated rings. The third-order valence-corrected chi connectivity index (χ3v) is 9.00. The van der Waals surface area contributed by atoms with Gasteiger partial charge in [-0.2, -0.15) is 0 Å². The Morgan fingerprint density at radius 3 is 2.87 bits per heavy atom. The second-order valence-electron chi connectivity index (χ2n) is 10.5. The van der Waals surface area contributed by atoms with Gasteiger partial charge in [0.1, 0.15) is 0 Å². The highest BCUT2D eigenvalue weighted by Gasteiger charge is 2.53. The summed E-state index contributed by atoms with van der Waals surface area (Å²) in [7, 11) is 0. The highest BCUT2D eigenvalue weighted by molar-refractivity contribution is 5.92. The van der Waals surface area contributed by atoms with Gasteiger partial charge >= 0.3 is 0 Å². The number of rotatable bonds is 3. The van der Waals surface area contributed by atoms with E-state index in [-0.39, 0.29) is 5.41 Å². The number of benzene rings is 1. The molecule has 1 aromatic carbocycles. The molecule has 0 amide bonds. The van der Waals surface area contributed by atoms with E-state index in [1.54, 1.807) is 28.0 Å². The number of hydrogen-bond acceptors (Lipinski definition) is 1. The molecule has 1 heteroatoms. The predicted octanol–water partition coefficient (Wildman–Crippen LogP) is 7.43. The zero-order valence-electron chi connectivity index (χ0n) is 19.0. The molecule has 5 aliphatic rings. The number of nitrogens with zero attached hydrogens (tertiary/aromatic N) is 1. The van der Waals surface area contributed by atoms with Gasteiger partial charge in [0.05, 0.1) is 6.04 Å². The van der Waals surface area contributed by atoms with Crippen molar-refractivity contribution in [1.82, 2.24) is 0 Å². The average molecular weight is 398 g/mol. The van der Waals surface area contributed by atoms with Crippen molar-refractivity contribution in [1.29, 1.82) is 0 Å². The Kier molecular flexibility index (Phi) is 4.05. The number of anilines is 1. The first-order chi connectivity index (χ1) is 14.6. The molecule has 2 aliphatic heterocycles. The summed E-state index contributed by atoms with van der Waals surface area (Å²) in [4.78, 5) is 2.82. The molecule has 2 bridgehead atoms. The van der Waals surface area contributed by atoms with Gasteiger partial charge in [0.15, 0.2) is 0 Å². The summed E-state index contributed by atoms with van der Waals surface area (Å²) in [6.07, 6.45) is 21.2. The molecule has 0 aromatic heterocycles. The highest BCUT2D eigenvalue weighted by atomic mass is 15.2. The molecule has 0 N–H and O–H groups in total. The van der Waals surface area contributed by atoms with Crippen LogP contribution in [0.25, 0.3) is 11.6 Å². The molecule has 30 heavy (non-hydrogen) atoms. The van der Waals surface area contributed by atoms with Crippen LogP contribution in [0.3, 0.4) is 0 Å². The van der Waals surface area contributed by atoms with E-state index < -0.39 is 0 Å². The minimum atomic E-state index is 0.121. The molecular weight excluding hydrogens is 362 g/mol. The SMILES string of the molecule is CC=CC1N2CC3=C(c4cc(C)c5c(c42)C(CC=C5)C1(C)C=CCC)C1CCC3C1. The van der Waals surface area contributed by atoms with Crippen molar-refractivity contribution in [2.45, 2.75) is 71.8 Å². The topological polar surface area (TPSA) is 3.24 Å². The van der Waals surface area contributed by atoms with Crippen molar-refractivity contribution >= 4 is 17.3 Å². The third-order valence-electron chi connectivity index (χ3n) is 9.00. The summed E-state index contributed by atoms with van der Waals surface area (Å²) in [5.74, 6) is 2.23. The van der Waals surface area contributed by atoms with Crippen LogP contribution in [0.1, 0.15) is 81.0 Å². The van der Waals surface area contributed by atoms with Crippen molar-refractivity contribution in [2.24, 2.45) is 17.3 Å². The van der Waals surface area contributed by atoms with Crippen LogP contribution in [-0.2, 0) is 0 Å². The van der Waals surface area contributed by atoms with Gasteiger partial charge in [0.25, 0.3) is 0 Å². The minimum absolute atomic E-state index is 0.121. The van der Waals surface area contributed by atoms with Gasteiger partial charge in [-0.1, -0.05) is 50.3 Å². The third kappa shape index (κ3) is 2.24. The van der Waals surface area contributed by atoms with Crippen molar-refractivity contribution < 1.29 is 0 Å². The Bertz CT molecular complexity index is 1030. The molecule has 156 valence electrons. The van der Waals surface area contributed by atoms with Crippen LogP contribution < -0.4 is 4.90 Å². The summed E-state index contributed by atoms with van der Waals surface area (Å²) < 4.78 is 0. The number of allylic oxidation sites excluding steroid dienone is 4. The van der Waals surface area contributed by atoms with E-state index in [1.165, 1.54) is 30.4 Å². The number of hydrogen-bond donors (Lipinski definition) is 0. The fourth-order valence-corrected chi connectivity index (χ4v) is 7.71. The Balaban J connectivity index is 1.66. The lowest BCUT2D eigenvalue weighted by molar-refractivity contribution is 0.271. The van der Waals surface area contributed by atoms with Crippen molar-refractivity contribution in [2.75, 3.05) is 11.4 Å². The monoisotopic (exact) mass is 397 g/mol. The van der Waals surface area contributed by atoms with Crippen molar-refractivity contribution in [3.63, 3.8) is 0 Å². The normalized spacial score (nSPS) is 35.7. The van der Waals surface area contributed by atoms with E-state index in [9.17, 15) is 0 Å². The van der Waals surface area contributed by atoms with E-state index in [1.807, 2.05) is 0 Å². The first kappa shape index (κ1) is 18.7. The second-order valence-corrected chi connectivity index (χ2v) is 10.5. The quantitative estimate of drug-likeness (QED) is 0.479. The zero-order chi connectivity index (χ0) is 20.6. The zero-order valence-corrected chi connectivity index (χ0v) is 19.0. The molecule has 5 atom stereocenters. The van der Waals surface area contributed by atoms with E-state index in [0.717, 1.165) is 31.2 Å². The van der Waals surface area contributed by atoms with E-state index in [0.29, 0.717) is 12.0 Å². The predicted molar refractivity (Wildman–Crippen MR) is 129 cm³/mol. The van der Waals surface area contributed by atoms with Crippen LogP contribution in [0.15, 0.2) is 42.0 Å². The lowest BCUT2D eigenvalue weighted by Crippen LogP contribution is -2.54. The maximum Gasteiger partial charge on any atom is 0.0571 e. The van der Waals surface area contributed by atoms with Crippen molar-refractivity contribution in [3.8, 4) is 0 Å². The van der Waals surface area contributed by atoms with E-state index in [4.69, 9.17) is 0 Å². The largest absolute Gasteiger partial charge is 0.359 e. The Morgan fingerprint density at radius 1 is 1.23 bits per heavy atom. The second kappa shape index (κ2) is 6.49. The van der Waals surface area contributed by atoms with Crippen LogP contribution in [0.2, 0.25) is 0 Å². The standard InChI is InChI=1S/C29H35N/c1-5-7-14-29(4)24-11-8-10-21-18(3)15-22-26-20-13-12-19(16-20)23(26)17-30(25(29)9-6-2)28(22)27(21)24/h6-10,14-15,19-20,24-25H,5,11-13,16-17H2,1-4H3. The fourth-order valence-electron chi connectivity index (χ4n) is 7.71. The molecule has 0 radical (unpaired) electrons. The molecular formula is C29H35N. The molecule has 1 nitrogen and oxygen atoms in total. The lowest BCUT2D eigenvalue weighted by Gasteiger charge is -2.56. The summed E-state index contributed by atoms with van der Waals surface area (Å²) in [6, 6.07) is 2.98. The van der Waals surface area contributed by atoms with E-state index >= 15 is 0 Å². The smallest absolute Gasteiger partial charge is 0.0571 e. The number of aryl methyl sites for hydroxylation is 1. The summed E-state index contributed by atoms with van der Waals surface area (Å²) >= 11 is 0. The highest BCUT2D eigenvalue weighted by Crippen LogP contribution is 2.63. The molecule has 5 unspecified atom stereocenters. The van der Waals surface area contributed by atoms with Crippen LogP contribution >= 0.6 is 0 Å². The first-order valence-electron chi connectivity index (χ1n) is 12.2. The van der Waals surface area contributed by atoms with E-state index in [2.05, 4.69) is 75.1 Å². The van der Waals surface area contributed by atoms with Gasteiger partial charge < -0.3 is 4.90 Å². The lowest BCUT2D eigenvalue weighted by atomic mass is 9.59. The number of fused-ring (bicyclic) bond motifs is 5. The Labute approximate surface area is 182 Å². The summed E-state index contributed by atoms with van der Waals surface area (Å²) in [5.41, 5.74) is 11.5. The van der Waals surface area contributed by atoms with Gasteiger partial charge in [0.2, 0.25) is 0 Å². The van der Waals surface area contributed by atoms with Gasteiger partial charge in [-0.3, -0.25) is 0 Å². The molecule has 1 aromatic rings. The van der Waals surface area contributed by atoms with Crippen LogP contribution in [0.5, 0.6) is 0 Å². The van der Waals surface area contributed by atoms with Crippen LogP contribution in [-0.4, -0.2) is 12.6 Å². The molecule has 3 aliphatic carbocycles. The molecule has 6 rings (SSSR count). The average Bonchev–Trinajstić information content (AvgIpc) is 3.37. The van der Waals surface area contributed by atoms with Crippen LogP contribution in [0, 0.1) is 24.2 Å². The Morgan fingerprint density at radius 2 is 2.07 bits per heavy atom. The molecule has 1 saturated carbocycles. The maximum absolute atomic E-state index is 2.82. The van der Waals surface area contributed by atoms with Gasteiger partial charge in [0, 0.05) is 29.1 Å². The van der Waals surface area contributed by atoms with Gasteiger partial charge in [-0.15, -0.1) is 0 Å². The Hall–Kier alpha value is -2.02. The molecule has 0 spiro atoms. The summed E-state index contributed by atoms with van der Waals surface area (Å²) in [5, 5.41) is 0. The molecule has 2 heterocycles. The maximum atomic E-state index is 2.82. The minimum Gasteiger partial charge on any atom is -0.359 e. The molecule has 0 saturated heterocycles. The van der Waals surface area contributed by atoms with Gasteiger partial charge in [-0.25, -0.2) is 0 Å². The summed E-state index contributed by atoms with van der Waals surface area (Å²) in [6.45, 7) is 10.5. The fraction of sp³-hybridized carbons (Fsp3) is 0.517. The van der Waals surface area contributed by atoms with Crippen LogP contribution in [0.4, 0.5) is 5.69 Å². The first-order valence-corrected chi connectivity index (χ1v) is 12.2.